The Morgan fingerprint density at radius 3 is 2.81 bits per heavy atom. The molecule has 1 fully saturated rings. The lowest BCUT2D eigenvalue weighted by Gasteiger charge is -2.23. The Hall–Kier alpha value is -0.830. The molecule has 0 bridgehead atoms. The minimum atomic E-state index is 0.427. The molecule has 0 aromatic carbocycles. The van der Waals surface area contributed by atoms with E-state index < -0.39 is 0 Å². The molecular weight excluding hydrogens is 198 g/mol. The van der Waals surface area contributed by atoms with Crippen LogP contribution in [0.25, 0.3) is 0 Å². The van der Waals surface area contributed by atoms with Crippen molar-refractivity contribution >= 4 is 0 Å². The highest BCUT2D eigenvalue weighted by Crippen LogP contribution is 2.23. The summed E-state index contributed by atoms with van der Waals surface area (Å²) in [7, 11) is 1.97. The lowest BCUT2D eigenvalue weighted by molar-refractivity contribution is 0.331. The summed E-state index contributed by atoms with van der Waals surface area (Å²) in [5, 5.41) is 7.84. The topological polar surface area (TPSA) is 29.9 Å². The predicted molar refractivity (Wildman–Crippen MR) is 66.2 cm³/mol. The average Bonchev–Trinajstić information content (AvgIpc) is 2.74. The molecule has 16 heavy (non-hydrogen) atoms. The Bertz CT molecular complexity index is 313. The SMILES string of the molecule is CC(NCC1CCCCC1)c1cnn(C)c1. The molecule has 1 unspecified atom stereocenters. The number of aromatic nitrogens is 2. The van der Waals surface area contributed by atoms with Crippen molar-refractivity contribution in [2.24, 2.45) is 13.0 Å². The van der Waals surface area contributed by atoms with Crippen molar-refractivity contribution in [1.29, 1.82) is 0 Å². The third kappa shape index (κ3) is 3.08. The summed E-state index contributed by atoms with van der Waals surface area (Å²) in [6.45, 7) is 3.38. The first-order chi connectivity index (χ1) is 7.75. The zero-order valence-electron chi connectivity index (χ0n) is 10.4. The van der Waals surface area contributed by atoms with Gasteiger partial charge in [-0.2, -0.15) is 5.10 Å². The summed E-state index contributed by atoms with van der Waals surface area (Å²) in [6.07, 6.45) is 11.2. The molecule has 0 radical (unpaired) electrons. The van der Waals surface area contributed by atoms with E-state index in [-0.39, 0.29) is 0 Å². The maximum Gasteiger partial charge on any atom is 0.0537 e. The van der Waals surface area contributed by atoms with Gasteiger partial charge >= 0.3 is 0 Å². The van der Waals surface area contributed by atoms with Crippen molar-refractivity contribution in [3.05, 3.63) is 18.0 Å². The predicted octanol–water partition coefficient (Wildman–Crippen LogP) is 2.65. The van der Waals surface area contributed by atoms with Crippen LogP contribution in [0.1, 0.15) is 50.6 Å². The highest BCUT2D eigenvalue weighted by molar-refractivity contribution is 5.08. The van der Waals surface area contributed by atoms with Gasteiger partial charge in [-0.15, -0.1) is 0 Å². The minimum absolute atomic E-state index is 0.427. The number of nitrogens with one attached hydrogen (secondary N) is 1. The van der Waals surface area contributed by atoms with Crippen molar-refractivity contribution in [2.75, 3.05) is 6.54 Å². The van der Waals surface area contributed by atoms with E-state index >= 15 is 0 Å². The lowest BCUT2D eigenvalue weighted by atomic mass is 9.89. The third-order valence-electron chi connectivity index (χ3n) is 3.66. The average molecular weight is 221 g/mol. The fraction of sp³-hybridized carbons (Fsp3) is 0.769. The number of rotatable bonds is 4. The van der Waals surface area contributed by atoms with Gasteiger partial charge in [-0.3, -0.25) is 4.68 Å². The van der Waals surface area contributed by atoms with Gasteiger partial charge in [0.05, 0.1) is 6.20 Å². The first kappa shape index (κ1) is 11.6. The van der Waals surface area contributed by atoms with E-state index in [2.05, 4.69) is 23.5 Å². The first-order valence-corrected chi connectivity index (χ1v) is 6.47. The highest BCUT2D eigenvalue weighted by atomic mass is 15.2. The summed E-state index contributed by atoms with van der Waals surface area (Å²) in [5.74, 6) is 0.896. The number of nitrogens with zero attached hydrogens (tertiary/aromatic N) is 2. The fourth-order valence-corrected chi connectivity index (χ4v) is 2.52. The zero-order chi connectivity index (χ0) is 11.4. The smallest absolute Gasteiger partial charge is 0.0537 e. The second-order valence-electron chi connectivity index (χ2n) is 5.08. The Morgan fingerprint density at radius 2 is 2.19 bits per heavy atom. The van der Waals surface area contributed by atoms with Gasteiger partial charge < -0.3 is 5.32 Å². The molecule has 90 valence electrons. The molecule has 0 amide bonds. The lowest BCUT2D eigenvalue weighted by Crippen LogP contribution is -2.26. The van der Waals surface area contributed by atoms with Crippen molar-refractivity contribution < 1.29 is 0 Å². The highest BCUT2D eigenvalue weighted by Gasteiger charge is 2.14. The van der Waals surface area contributed by atoms with Gasteiger partial charge in [-0.25, -0.2) is 0 Å². The van der Waals surface area contributed by atoms with E-state index in [1.165, 1.54) is 37.7 Å². The van der Waals surface area contributed by atoms with Gasteiger partial charge in [0, 0.05) is 24.8 Å². The van der Waals surface area contributed by atoms with Crippen LogP contribution in [0, 0.1) is 5.92 Å². The molecule has 0 saturated heterocycles. The fourth-order valence-electron chi connectivity index (χ4n) is 2.52. The molecule has 1 aromatic rings. The van der Waals surface area contributed by atoms with Crippen LogP contribution in [0.15, 0.2) is 12.4 Å². The Balaban J connectivity index is 1.76. The van der Waals surface area contributed by atoms with Gasteiger partial charge in [0.1, 0.15) is 0 Å². The summed E-state index contributed by atoms with van der Waals surface area (Å²) >= 11 is 0. The van der Waals surface area contributed by atoms with E-state index in [1.54, 1.807) is 0 Å². The molecular formula is C13H23N3. The van der Waals surface area contributed by atoms with Gasteiger partial charge in [0.2, 0.25) is 0 Å². The molecule has 1 aliphatic rings. The van der Waals surface area contributed by atoms with Crippen molar-refractivity contribution in [1.82, 2.24) is 15.1 Å². The number of hydrogen-bond acceptors (Lipinski definition) is 2. The maximum atomic E-state index is 4.21. The largest absolute Gasteiger partial charge is 0.310 e. The molecule has 1 aromatic heterocycles. The second-order valence-corrected chi connectivity index (χ2v) is 5.08. The van der Waals surface area contributed by atoms with Crippen LogP contribution in [-0.4, -0.2) is 16.3 Å². The van der Waals surface area contributed by atoms with Crippen LogP contribution in [0.5, 0.6) is 0 Å². The normalized spacial score (nSPS) is 19.9. The van der Waals surface area contributed by atoms with Gasteiger partial charge in [0.25, 0.3) is 0 Å². The monoisotopic (exact) mass is 221 g/mol. The standard InChI is InChI=1S/C13H23N3/c1-11(13-9-15-16(2)10-13)14-8-12-6-4-3-5-7-12/h9-12,14H,3-8H2,1-2H3. The van der Waals surface area contributed by atoms with Crippen LogP contribution in [0.3, 0.4) is 0 Å². The van der Waals surface area contributed by atoms with Gasteiger partial charge in [-0.05, 0) is 32.2 Å². The summed E-state index contributed by atoms with van der Waals surface area (Å²) in [4.78, 5) is 0. The molecule has 0 spiro atoms. The van der Waals surface area contributed by atoms with E-state index in [0.717, 1.165) is 12.5 Å². The molecule has 1 aliphatic carbocycles. The Kier molecular flexibility index (Phi) is 3.99. The molecule has 1 heterocycles. The van der Waals surface area contributed by atoms with Crippen LogP contribution in [0.4, 0.5) is 0 Å². The van der Waals surface area contributed by atoms with E-state index in [4.69, 9.17) is 0 Å². The quantitative estimate of drug-likeness (QED) is 0.847. The van der Waals surface area contributed by atoms with E-state index in [1.807, 2.05) is 17.9 Å². The van der Waals surface area contributed by atoms with Gasteiger partial charge in [0.15, 0.2) is 0 Å². The molecule has 3 heteroatoms. The van der Waals surface area contributed by atoms with Gasteiger partial charge in [-0.1, -0.05) is 19.3 Å². The van der Waals surface area contributed by atoms with Crippen molar-refractivity contribution in [3.63, 3.8) is 0 Å². The van der Waals surface area contributed by atoms with Crippen LogP contribution >= 0.6 is 0 Å². The molecule has 3 nitrogen and oxygen atoms in total. The Labute approximate surface area is 98.2 Å². The summed E-state index contributed by atoms with van der Waals surface area (Å²) < 4.78 is 1.87. The van der Waals surface area contributed by atoms with Crippen molar-refractivity contribution in [2.45, 2.75) is 45.1 Å². The first-order valence-electron chi connectivity index (χ1n) is 6.47. The third-order valence-corrected chi connectivity index (χ3v) is 3.66. The maximum absolute atomic E-state index is 4.21. The van der Waals surface area contributed by atoms with Crippen LogP contribution in [0.2, 0.25) is 0 Å². The number of hydrogen-bond donors (Lipinski definition) is 1. The molecule has 1 saturated carbocycles. The van der Waals surface area contributed by atoms with Crippen LogP contribution < -0.4 is 5.32 Å². The van der Waals surface area contributed by atoms with E-state index in [0.29, 0.717) is 6.04 Å². The molecule has 2 rings (SSSR count). The number of aryl methyl sites for hydroxylation is 1. The second kappa shape index (κ2) is 5.48. The van der Waals surface area contributed by atoms with Crippen LogP contribution in [-0.2, 0) is 7.05 Å². The summed E-state index contributed by atoms with van der Waals surface area (Å²) in [5.41, 5.74) is 1.29. The Morgan fingerprint density at radius 1 is 1.44 bits per heavy atom. The van der Waals surface area contributed by atoms with Crippen molar-refractivity contribution in [3.8, 4) is 0 Å². The molecule has 1 atom stereocenters. The molecule has 0 aliphatic heterocycles. The summed E-state index contributed by atoms with van der Waals surface area (Å²) in [6, 6.07) is 0.427. The molecule has 1 N–H and O–H groups in total. The van der Waals surface area contributed by atoms with E-state index in [9.17, 15) is 0 Å². The zero-order valence-corrected chi connectivity index (χ0v) is 10.4. The minimum Gasteiger partial charge on any atom is -0.310 e.